The van der Waals surface area contributed by atoms with Crippen LogP contribution in [0.15, 0.2) is 4.99 Å². The third-order valence-corrected chi connectivity index (χ3v) is 3.11. The number of alkyl halides is 1. The van der Waals surface area contributed by atoms with E-state index in [1.54, 1.807) is 0 Å². The van der Waals surface area contributed by atoms with Crippen LogP contribution in [0.3, 0.4) is 0 Å². The summed E-state index contributed by atoms with van der Waals surface area (Å²) in [5, 5.41) is 2.40. The molecule has 0 aliphatic carbocycles. The number of nitrogens with zero attached hydrogens (tertiary/aromatic N) is 1. The van der Waals surface area contributed by atoms with Crippen molar-refractivity contribution in [1.82, 2.24) is 0 Å². The van der Waals surface area contributed by atoms with E-state index in [9.17, 15) is 0 Å². The molecular formula is C11H20INS. The highest BCUT2D eigenvalue weighted by Gasteiger charge is 1.91. The largest absolute Gasteiger partial charge is 0.233 e. The molecule has 0 aromatic heterocycles. The highest BCUT2D eigenvalue weighted by molar-refractivity contribution is 14.1. The second-order valence-corrected chi connectivity index (χ2v) is 4.75. The Morgan fingerprint density at radius 1 is 0.857 bits per heavy atom. The Labute approximate surface area is 107 Å². The van der Waals surface area contributed by atoms with Crippen molar-refractivity contribution in [2.45, 2.75) is 51.4 Å². The molecule has 0 bridgehead atoms. The third-order valence-electron chi connectivity index (χ3n) is 2.22. The van der Waals surface area contributed by atoms with Gasteiger partial charge in [-0.15, -0.1) is 0 Å². The molecule has 0 amide bonds. The van der Waals surface area contributed by atoms with Crippen LogP contribution in [0.4, 0.5) is 0 Å². The maximum atomic E-state index is 4.49. The van der Waals surface area contributed by atoms with E-state index < -0.39 is 0 Å². The minimum atomic E-state index is 0.873. The van der Waals surface area contributed by atoms with Crippen LogP contribution in [0.2, 0.25) is 0 Å². The number of unbranched alkanes of at least 4 members (excludes halogenated alkanes) is 7. The summed E-state index contributed by atoms with van der Waals surface area (Å²) >= 11 is 6.94. The van der Waals surface area contributed by atoms with Gasteiger partial charge in [0.1, 0.15) is 0 Å². The summed E-state index contributed by atoms with van der Waals surface area (Å²) < 4.78 is 1.31. The molecule has 0 N–H and O–H groups in total. The van der Waals surface area contributed by atoms with Crippen molar-refractivity contribution < 1.29 is 0 Å². The van der Waals surface area contributed by atoms with E-state index in [-0.39, 0.29) is 0 Å². The molecule has 0 atom stereocenters. The molecule has 0 fully saturated rings. The van der Waals surface area contributed by atoms with Gasteiger partial charge in [0.15, 0.2) is 0 Å². The first-order valence-electron chi connectivity index (χ1n) is 5.51. The van der Waals surface area contributed by atoms with Crippen molar-refractivity contribution >= 4 is 40.0 Å². The zero-order valence-corrected chi connectivity index (χ0v) is 11.8. The fourth-order valence-corrected chi connectivity index (χ4v) is 2.02. The summed E-state index contributed by atoms with van der Waals surface area (Å²) in [5.74, 6) is 0. The summed E-state index contributed by atoms with van der Waals surface area (Å²) in [4.78, 5) is 3.89. The highest BCUT2D eigenvalue weighted by atomic mass is 127. The molecule has 3 heteroatoms. The van der Waals surface area contributed by atoms with E-state index in [2.05, 4.69) is 45.0 Å². The lowest BCUT2D eigenvalue weighted by Gasteiger charge is -1.99. The normalized spacial score (nSPS) is 9.79. The van der Waals surface area contributed by atoms with E-state index in [1.165, 1.54) is 55.8 Å². The second-order valence-electron chi connectivity index (χ2n) is 3.49. The fraction of sp³-hybridized carbons (Fsp3) is 0.909. The van der Waals surface area contributed by atoms with Crippen LogP contribution in [0.5, 0.6) is 0 Å². The van der Waals surface area contributed by atoms with Crippen molar-refractivity contribution in [2.24, 2.45) is 4.99 Å². The molecular weight excluding hydrogens is 305 g/mol. The summed E-state index contributed by atoms with van der Waals surface area (Å²) in [6.07, 6.45) is 10.9. The van der Waals surface area contributed by atoms with Gasteiger partial charge in [-0.05, 0) is 29.5 Å². The fourth-order valence-electron chi connectivity index (χ4n) is 1.39. The van der Waals surface area contributed by atoms with Gasteiger partial charge >= 0.3 is 0 Å². The highest BCUT2D eigenvalue weighted by Crippen LogP contribution is 2.09. The summed E-state index contributed by atoms with van der Waals surface area (Å²) in [6.45, 7) is 0.873. The van der Waals surface area contributed by atoms with E-state index in [0.29, 0.717) is 0 Å². The first-order chi connectivity index (χ1) is 6.91. The Hall–Kier alpha value is 0.530. The van der Waals surface area contributed by atoms with Crippen molar-refractivity contribution in [3.8, 4) is 0 Å². The summed E-state index contributed by atoms with van der Waals surface area (Å²) in [7, 11) is 0. The van der Waals surface area contributed by atoms with E-state index >= 15 is 0 Å². The standard InChI is InChI=1S/C11H20INS/c12-9-7-5-3-1-2-4-6-8-10-13-11-14/h1-10H2. The quantitative estimate of drug-likeness (QED) is 0.187. The molecule has 0 rings (SSSR count). The molecule has 14 heavy (non-hydrogen) atoms. The number of aliphatic imine (C=N–C) groups is 1. The van der Waals surface area contributed by atoms with Gasteiger partial charge in [0.05, 0.1) is 5.16 Å². The molecule has 82 valence electrons. The van der Waals surface area contributed by atoms with Crippen LogP contribution >= 0.6 is 34.8 Å². The third kappa shape index (κ3) is 12.5. The lowest BCUT2D eigenvalue weighted by Crippen LogP contribution is -1.83. The molecule has 1 nitrogen and oxygen atoms in total. The molecule has 0 aliphatic rings. The number of halogens is 1. The van der Waals surface area contributed by atoms with Crippen LogP contribution in [0.1, 0.15) is 51.4 Å². The Morgan fingerprint density at radius 2 is 1.36 bits per heavy atom. The summed E-state index contributed by atoms with van der Waals surface area (Å²) in [5.41, 5.74) is 0. The lowest BCUT2D eigenvalue weighted by molar-refractivity contribution is 0.580. The number of isothiocyanates is 1. The number of hydrogen-bond donors (Lipinski definition) is 0. The lowest BCUT2D eigenvalue weighted by atomic mass is 10.1. The maximum absolute atomic E-state index is 4.49. The molecule has 0 radical (unpaired) electrons. The first-order valence-corrected chi connectivity index (χ1v) is 7.45. The van der Waals surface area contributed by atoms with Gasteiger partial charge in [-0.1, -0.05) is 61.1 Å². The van der Waals surface area contributed by atoms with E-state index in [1.807, 2.05) is 0 Å². The minimum absolute atomic E-state index is 0.873. The van der Waals surface area contributed by atoms with Crippen LogP contribution in [0, 0.1) is 0 Å². The van der Waals surface area contributed by atoms with Gasteiger partial charge in [-0.25, -0.2) is 4.99 Å². The average molecular weight is 325 g/mol. The first kappa shape index (κ1) is 14.5. The van der Waals surface area contributed by atoms with E-state index in [4.69, 9.17) is 0 Å². The van der Waals surface area contributed by atoms with Crippen molar-refractivity contribution in [1.29, 1.82) is 0 Å². The van der Waals surface area contributed by atoms with Crippen molar-refractivity contribution in [3.63, 3.8) is 0 Å². The van der Waals surface area contributed by atoms with E-state index in [0.717, 1.165) is 6.54 Å². The molecule has 0 heterocycles. The molecule has 0 aromatic rings. The molecule has 0 aromatic carbocycles. The predicted molar refractivity (Wildman–Crippen MR) is 75.7 cm³/mol. The molecule has 0 aliphatic heterocycles. The van der Waals surface area contributed by atoms with Crippen LogP contribution in [-0.2, 0) is 0 Å². The Morgan fingerprint density at radius 3 is 1.86 bits per heavy atom. The minimum Gasteiger partial charge on any atom is -0.233 e. The molecule has 0 saturated heterocycles. The average Bonchev–Trinajstić information content (AvgIpc) is 2.21. The zero-order chi connectivity index (χ0) is 10.5. The van der Waals surface area contributed by atoms with Gasteiger partial charge in [-0.2, -0.15) is 0 Å². The van der Waals surface area contributed by atoms with Gasteiger partial charge < -0.3 is 0 Å². The van der Waals surface area contributed by atoms with Crippen molar-refractivity contribution in [3.05, 3.63) is 0 Å². The van der Waals surface area contributed by atoms with Gasteiger partial charge in [0.25, 0.3) is 0 Å². The Bertz CT molecular complexity index is 155. The number of thiocarbonyl (C=S) groups is 1. The Balaban J connectivity index is 2.88. The van der Waals surface area contributed by atoms with Gasteiger partial charge in [0.2, 0.25) is 0 Å². The monoisotopic (exact) mass is 325 g/mol. The predicted octanol–water partition coefficient (Wildman–Crippen LogP) is 4.65. The molecule has 0 saturated carbocycles. The zero-order valence-electron chi connectivity index (χ0n) is 8.80. The van der Waals surface area contributed by atoms with Crippen LogP contribution < -0.4 is 0 Å². The maximum Gasteiger partial charge on any atom is 0.0584 e. The smallest absolute Gasteiger partial charge is 0.0584 e. The number of rotatable bonds is 10. The SMILES string of the molecule is S=C=NCCCCCCCCCCI. The van der Waals surface area contributed by atoms with Gasteiger partial charge in [0, 0.05) is 6.54 Å². The molecule has 0 unspecified atom stereocenters. The topological polar surface area (TPSA) is 12.4 Å². The second kappa shape index (κ2) is 13.5. The van der Waals surface area contributed by atoms with Gasteiger partial charge in [-0.3, -0.25) is 0 Å². The molecule has 0 spiro atoms. The van der Waals surface area contributed by atoms with Crippen molar-refractivity contribution in [2.75, 3.05) is 11.0 Å². The Kier molecular flexibility index (Phi) is 14.0. The summed E-state index contributed by atoms with van der Waals surface area (Å²) in [6, 6.07) is 0. The number of hydrogen-bond acceptors (Lipinski definition) is 2. The van der Waals surface area contributed by atoms with Crippen LogP contribution in [0.25, 0.3) is 0 Å². The van der Waals surface area contributed by atoms with Crippen LogP contribution in [-0.4, -0.2) is 16.1 Å².